The molecular formula is C23H34N4O3. The number of fused-ring (bicyclic) bond motifs is 1. The molecule has 2 saturated heterocycles. The number of para-hydroxylation sites is 2. The highest BCUT2D eigenvalue weighted by Gasteiger charge is 2.32. The summed E-state index contributed by atoms with van der Waals surface area (Å²) in [6, 6.07) is 8.51. The molecule has 0 radical (unpaired) electrons. The van der Waals surface area contributed by atoms with Crippen LogP contribution in [0.2, 0.25) is 0 Å². The summed E-state index contributed by atoms with van der Waals surface area (Å²) in [6.07, 6.45) is 4.92. The number of hydrogen-bond donors (Lipinski definition) is 1. The predicted octanol–water partition coefficient (Wildman–Crippen LogP) is 3.76. The van der Waals surface area contributed by atoms with Crippen molar-refractivity contribution in [2.24, 2.45) is 0 Å². The van der Waals surface area contributed by atoms with Crippen molar-refractivity contribution < 1.29 is 9.53 Å². The molecule has 30 heavy (non-hydrogen) atoms. The molecule has 1 aromatic carbocycles. The molecule has 4 rings (SSSR count). The first-order valence-electron chi connectivity index (χ1n) is 11.2. The topological polar surface area (TPSA) is 70.6 Å². The van der Waals surface area contributed by atoms with Crippen molar-refractivity contribution in [2.75, 3.05) is 26.2 Å². The average Bonchev–Trinajstić information content (AvgIpc) is 2.86. The Morgan fingerprint density at radius 2 is 1.77 bits per heavy atom. The van der Waals surface area contributed by atoms with E-state index in [1.165, 1.54) is 0 Å². The number of rotatable bonds is 2. The minimum Gasteiger partial charge on any atom is -0.444 e. The minimum atomic E-state index is -0.466. The van der Waals surface area contributed by atoms with Gasteiger partial charge in [-0.25, -0.2) is 9.59 Å². The number of carbonyl (C=O) groups excluding carboxylic acids is 1. The zero-order chi connectivity index (χ0) is 21.3. The molecule has 1 unspecified atom stereocenters. The van der Waals surface area contributed by atoms with Gasteiger partial charge in [-0.15, -0.1) is 0 Å². The molecule has 2 fully saturated rings. The van der Waals surface area contributed by atoms with Gasteiger partial charge >= 0.3 is 11.8 Å². The lowest BCUT2D eigenvalue weighted by Gasteiger charge is -2.39. The largest absolute Gasteiger partial charge is 0.444 e. The summed E-state index contributed by atoms with van der Waals surface area (Å²) in [5.41, 5.74) is 1.42. The van der Waals surface area contributed by atoms with Crippen LogP contribution < -0.4 is 5.69 Å². The molecule has 2 aromatic rings. The maximum atomic E-state index is 12.6. The van der Waals surface area contributed by atoms with Gasteiger partial charge in [0.2, 0.25) is 0 Å². The van der Waals surface area contributed by atoms with Crippen LogP contribution in [-0.4, -0.2) is 63.3 Å². The van der Waals surface area contributed by atoms with E-state index >= 15 is 0 Å². The number of carbonyl (C=O) groups is 1. The third-order valence-electron chi connectivity index (χ3n) is 6.29. The van der Waals surface area contributed by atoms with Crippen molar-refractivity contribution >= 4 is 17.1 Å². The molecule has 1 amide bonds. The number of aromatic amines is 1. The number of likely N-dealkylation sites (tertiary alicyclic amines) is 2. The van der Waals surface area contributed by atoms with Crippen LogP contribution in [0.25, 0.3) is 11.0 Å². The number of hydrogen-bond acceptors (Lipinski definition) is 4. The molecule has 7 nitrogen and oxygen atoms in total. The first kappa shape index (κ1) is 21.0. The first-order valence-corrected chi connectivity index (χ1v) is 11.2. The number of piperidine rings is 1. The third-order valence-corrected chi connectivity index (χ3v) is 6.29. The van der Waals surface area contributed by atoms with E-state index in [0.29, 0.717) is 6.04 Å². The average molecular weight is 415 g/mol. The molecule has 164 valence electrons. The molecule has 7 heteroatoms. The molecule has 3 heterocycles. The summed E-state index contributed by atoms with van der Waals surface area (Å²) in [5, 5.41) is 0. The van der Waals surface area contributed by atoms with Gasteiger partial charge in [0.1, 0.15) is 5.60 Å². The van der Waals surface area contributed by atoms with Crippen molar-refractivity contribution in [3.63, 3.8) is 0 Å². The van der Waals surface area contributed by atoms with Crippen LogP contribution in [0.15, 0.2) is 29.1 Å². The van der Waals surface area contributed by atoms with Gasteiger partial charge in [0.15, 0.2) is 0 Å². The molecule has 2 aliphatic rings. The lowest BCUT2D eigenvalue weighted by molar-refractivity contribution is 0.0107. The number of benzene rings is 1. The van der Waals surface area contributed by atoms with Crippen molar-refractivity contribution in [3.05, 3.63) is 34.7 Å². The quantitative estimate of drug-likeness (QED) is 0.812. The molecule has 0 aliphatic carbocycles. The summed E-state index contributed by atoms with van der Waals surface area (Å²) in [7, 11) is 0. The van der Waals surface area contributed by atoms with Crippen LogP contribution in [0, 0.1) is 0 Å². The summed E-state index contributed by atoms with van der Waals surface area (Å²) >= 11 is 0. The van der Waals surface area contributed by atoms with Crippen molar-refractivity contribution in [1.82, 2.24) is 19.4 Å². The van der Waals surface area contributed by atoms with Crippen molar-refractivity contribution in [1.29, 1.82) is 0 Å². The summed E-state index contributed by atoms with van der Waals surface area (Å²) in [4.78, 5) is 32.5. The van der Waals surface area contributed by atoms with Gasteiger partial charge in [0.25, 0.3) is 0 Å². The summed E-state index contributed by atoms with van der Waals surface area (Å²) < 4.78 is 7.54. The first-order chi connectivity index (χ1) is 14.3. The zero-order valence-electron chi connectivity index (χ0n) is 18.4. The SMILES string of the molecule is CC(C)(C)OC(=O)N1CCC[C@H](N2CCCC(n3c(=O)[nH]c4ccccc43)CC2)C1. The Morgan fingerprint density at radius 1 is 1.03 bits per heavy atom. The van der Waals surface area contributed by atoms with Crippen LogP contribution in [0.3, 0.4) is 0 Å². The fourth-order valence-corrected chi connectivity index (χ4v) is 4.91. The van der Waals surface area contributed by atoms with E-state index in [1.54, 1.807) is 0 Å². The highest BCUT2D eigenvalue weighted by atomic mass is 16.6. The number of H-pyrrole nitrogens is 1. The highest BCUT2D eigenvalue weighted by Crippen LogP contribution is 2.28. The van der Waals surface area contributed by atoms with Crippen LogP contribution >= 0.6 is 0 Å². The van der Waals surface area contributed by atoms with E-state index < -0.39 is 5.60 Å². The van der Waals surface area contributed by atoms with Gasteiger partial charge in [0, 0.05) is 31.7 Å². The van der Waals surface area contributed by atoms with Gasteiger partial charge in [-0.1, -0.05) is 12.1 Å². The molecule has 0 bridgehead atoms. The van der Waals surface area contributed by atoms with E-state index in [-0.39, 0.29) is 17.8 Å². The second-order valence-electron chi connectivity index (χ2n) is 9.66. The second kappa shape index (κ2) is 8.46. The number of nitrogens with one attached hydrogen (secondary N) is 1. The molecule has 0 saturated carbocycles. The molecule has 2 aliphatic heterocycles. The number of imidazole rings is 1. The van der Waals surface area contributed by atoms with E-state index in [4.69, 9.17) is 4.74 Å². The van der Waals surface area contributed by atoms with Gasteiger partial charge < -0.3 is 14.6 Å². The molecule has 0 spiro atoms. The fourth-order valence-electron chi connectivity index (χ4n) is 4.91. The van der Waals surface area contributed by atoms with Gasteiger partial charge in [-0.2, -0.15) is 0 Å². The van der Waals surface area contributed by atoms with Crippen molar-refractivity contribution in [3.8, 4) is 0 Å². The highest BCUT2D eigenvalue weighted by molar-refractivity contribution is 5.75. The molecular weight excluding hydrogens is 380 g/mol. The zero-order valence-corrected chi connectivity index (χ0v) is 18.4. The normalized spacial score (nSPS) is 24.0. The Hall–Kier alpha value is -2.28. The lowest BCUT2D eigenvalue weighted by Crippen LogP contribution is -2.51. The Kier molecular flexibility index (Phi) is 5.91. The number of amides is 1. The monoisotopic (exact) mass is 414 g/mol. The standard InChI is InChI=1S/C23H34N4O3/c1-23(2,3)30-22(29)26-14-7-9-18(16-26)25-13-6-8-17(12-15-25)27-20-11-5-4-10-19(20)24-21(27)28/h4-5,10-11,17-18H,6-9,12-16H2,1-3H3,(H,24,28)/t17?,18-/m0/s1. The number of ether oxygens (including phenoxy) is 1. The van der Waals surface area contributed by atoms with E-state index in [9.17, 15) is 9.59 Å². The smallest absolute Gasteiger partial charge is 0.410 e. The minimum absolute atomic E-state index is 0.0107. The Balaban J connectivity index is 1.42. The van der Waals surface area contributed by atoms with Gasteiger partial charge in [0.05, 0.1) is 11.0 Å². The van der Waals surface area contributed by atoms with Crippen molar-refractivity contribution in [2.45, 2.75) is 70.6 Å². The van der Waals surface area contributed by atoms with Crippen LogP contribution in [0.4, 0.5) is 4.79 Å². The number of nitrogens with zero attached hydrogens (tertiary/aromatic N) is 3. The Bertz CT molecular complexity index is 942. The third kappa shape index (κ3) is 4.56. The Morgan fingerprint density at radius 3 is 2.57 bits per heavy atom. The molecule has 1 N–H and O–H groups in total. The van der Waals surface area contributed by atoms with E-state index in [1.807, 2.05) is 54.5 Å². The van der Waals surface area contributed by atoms with Crippen LogP contribution in [-0.2, 0) is 4.74 Å². The molecule has 1 aromatic heterocycles. The van der Waals surface area contributed by atoms with Crippen LogP contribution in [0.1, 0.15) is 58.9 Å². The maximum absolute atomic E-state index is 12.6. The summed E-state index contributed by atoms with van der Waals surface area (Å²) in [6.45, 7) is 9.19. The predicted molar refractivity (Wildman–Crippen MR) is 118 cm³/mol. The number of aromatic nitrogens is 2. The lowest BCUT2D eigenvalue weighted by atomic mass is 10.0. The Labute approximate surface area is 178 Å². The van der Waals surface area contributed by atoms with Crippen LogP contribution in [0.5, 0.6) is 0 Å². The summed E-state index contributed by atoms with van der Waals surface area (Å²) in [5.74, 6) is 0. The second-order valence-corrected chi connectivity index (χ2v) is 9.66. The maximum Gasteiger partial charge on any atom is 0.410 e. The van der Waals surface area contributed by atoms with E-state index in [2.05, 4.69) is 9.88 Å². The fraction of sp³-hybridized carbons (Fsp3) is 0.652. The van der Waals surface area contributed by atoms with Gasteiger partial charge in [-0.05, 0) is 71.6 Å². The molecule has 2 atom stereocenters. The van der Waals surface area contributed by atoms with E-state index in [0.717, 1.165) is 69.3 Å². The van der Waals surface area contributed by atoms with Gasteiger partial charge in [-0.3, -0.25) is 9.47 Å².